The second-order valence-electron chi connectivity index (χ2n) is 5.43. The number of aliphatic imine (C=N–C) groups is 1. The zero-order valence-electron chi connectivity index (χ0n) is 19.2. The summed E-state index contributed by atoms with van der Waals surface area (Å²) in [5.74, 6) is 0.538. The summed E-state index contributed by atoms with van der Waals surface area (Å²) in [7, 11) is 2.03. The lowest BCUT2D eigenvalue weighted by molar-refractivity contribution is 0.216. The number of hydrogen-bond donors (Lipinski definition) is 1. The zero-order chi connectivity index (χ0) is 21.1. The molecule has 1 aromatic carbocycles. The largest absolute Gasteiger partial charge is 0.353 e. The van der Waals surface area contributed by atoms with E-state index in [4.69, 9.17) is 9.60 Å². The van der Waals surface area contributed by atoms with Crippen LogP contribution < -0.4 is 5.32 Å². The van der Waals surface area contributed by atoms with Crippen LogP contribution in [0.1, 0.15) is 20.0 Å². The number of aryl methyl sites for hydroxylation is 1. The van der Waals surface area contributed by atoms with Crippen LogP contribution in [0.4, 0.5) is 16.4 Å². The summed E-state index contributed by atoms with van der Waals surface area (Å²) in [6.45, 7) is 0.739. The highest BCUT2D eigenvalue weighted by Crippen LogP contribution is 2.39. The quantitative estimate of drug-likeness (QED) is 0.807. The number of thiophene rings is 1. The molecule has 1 N–H and O–H groups in total. The van der Waals surface area contributed by atoms with E-state index < -0.39 is 6.85 Å². The third kappa shape index (κ3) is 2.40. The highest BCUT2D eigenvalue weighted by Gasteiger charge is 2.25. The van der Waals surface area contributed by atoms with E-state index in [9.17, 15) is 0 Å². The average molecular weight is 319 g/mol. The Morgan fingerprint density at radius 3 is 2.91 bits per heavy atom. The first-order valence-corrected chi connectivity index (χ1v) is 7.94. The lowest BCUT2D eigenvalue weighted by atomic mass is 10.2. The summed E-state index contributed by atoms with van der Waals surface area (Å²) < 4.78 is 55.8. The van der Waals surface area contributed by atoms with Gasteiger partial charge in [0.2, 0.25) is 0 Å². The fraction of sp³-hybridized carbons (Fsp3) is 0.353. The first-order valence-electron chi connectivity index (χ1n) is 10.6. The third-order valence-electron chi connectivity index (χ3n) is 3.90. The van der Waals surface area contributed by atoms with Crippen LogP contribution in [0.2, 0.25) is 0 Å². The number of rotatable bonds is 0. The van der Waals surface area contributed by atoms with Crippen LogP contribution in [0.15, 0.2) is 35.2 Å². The van der Waals surface area contributed by atoms with Crippen molar-refractivity contribution in [3.63, 3.8) is 0 Å². The Kier molecular flexibility index (Phi) is 2.00. The minimum absolute atomic E-state index is 0.142. The molecule has 0 spiro atoms. The molecule has 2 aliphatic heterocycles. The second-order valence-corrected chi connectivity index (χ2v) is 6.48. The fourth-order valence-electron chi connectivity index (χ4n) is 2.67. The number of piperazine rings is 1. The highest BCUT2D eigenvalue weighted by atomic mass is 32.1. The molecule has 114 valence electrons. The van der Waals surface area contributed by atoms with Gasteiger partial charge in [-0.15, -0.1) is 11.3 Å². The Morgan fingerprint density at radius 1 is 1.27 bits per heavy atom. The molecule has 2 aliphatic rings. The first kappa shape index (κ1) is 8.13. The van der Waals surface area contributed by atoms with Crippen molar-refractivity contribution in [2.75, 3.05) is 38.5 Å². The molecule has 1 fully saturated rings. The maximum atomic E-state index is 8.29. The van der Waals surface area contributed by atoms with Gasteiger partial charge in [-0.25, -0.2) is 4.99 Å². The van der Waals surface area contributed by atoms with Crippen molar-refractivity contribution in [1.82, 2.24) is 9.80 Å². The maximum absolute atomic E-state index is 8.29. The van der Waals surface area contributed by atoms with Crippen molar-refractivity contribution in [2.24, 2.45) is 4.99 Å². The van der Waals surface area contributed by atoms with E-state index >= 15 is 0 Å². The molecular formula is C17H20N4S. The van der Waals surface area contributed by atoms with Gasteiger partial charge in [0.15, 0.2) is 0 Å². The van der Waals surface area contributed by atoms with Crippen LogP contribution in [0.3, 0.4) is 0 Å². The summed E-state index contributed by atoms with van der Waals surface area (Å²) in [5.41, 5.74) is 0.919. The van der Waals surface area contributed by atoms with Gasteiger partial charge in [0.1, 0.15) is 10.8 Å². The predicted octanol–water partition coefficient (Wildman–Crippen LogP) is 3.44. The van der Waals surface area contributed by atoms with E-state index in [1.165, 1.54) is 0 Å². The molecule has 22 heavy (non-hydrogen) atoms. The standard InChI is InChI=1S/C17H20N4S/c1-12-11-13-16(21-9-7-20(2)8-10-21)18-14-5-3-4-6-15(14)19-17(13)22-12/h3-6,11,19H,7-10H2,1-2H3/i1D3,3D,4D,5D,6D. The average Bonchev–Trinajstić information content (AvgIpc) is 3.02. The predicted molar refractivity (Wildman–Crippen MR) is 94.0 cm³/mol. The summed E-state index contributed by atoms with van der Waals surface area (Å²) in [6, 6.07) is 0.462. The summed E-state index contributed by atoms with van der Waals surface area (Å²) in [6.07, 6.45) is 0. The smallest absolute Gasteiger partial charge is 0.139 e. The fourth-order valence-corrected chi connectivity index (χ4v) is 3.48. The Morgan fingerprint density at radius 2 is 2.09 bits per heavy atom. The monoisotopic (exact) mass is 319 g/mol. The van der Waals surface area contributed by atoms with Gasteiger partial charge in [0.25, 0.3) is 0 Å². The van der Waals surface area contributed by atoms with Gasteiger partial charge in [-0.3, -0.25) is 0 Å². The van der Waals surface area contributed by atoms with Gasteiger partial charge in [-0.1, -0.05) is 12.1 Å². The second kappa shape index (κ2) is 5.41. The molecule has 1 aromatic heterocycles. The van der Waals surface area contributed by atoms with Gasteiger partial charge in [0, 0.05) is 35.2 Å². The normalized spacial score (nSPS) is 23.2. The molecular weight excluding hydrogens is 292 g/mol. The van der Waals surface area contributed by atoms with Crippen molar-refractivity contribution in [2.45, 2.75) is 6.85 Å². The third-order valence-corrected chi connectivity index (χ3v) is 4.76. The molecule has 4 rings (SSSR count). The molecule has 4 nitrogen and oxygen atoms in total. The lowest BCUT2D eigenvalue weighted by Gasteiger charge is -2.34. The Bertz CT molecular complexity index is 1010. The number of para-hydroxylation sites is 2. The number of nitrogens with one attached hydrogen (secondary N) is 1. The van der Waals surface area contributed by atoms with Gasteiger partial charge in [-0.2, -0.15) is 0 Å². The Balaban J connectivity index is 1.94. The number of hydrogen-bond acceptors (Lipinski definition) is 5. The summed E-state index contributed by atoms with van der Waals surface area (Å²) >= 11 is 1.07. The lowest BCUT2D eigenvalue weighted by Crippen LogP contribution is -2.47. The number of anilines is 2. The number of amidine groups is 1. The molecule has 0 radical (unpaired) electrons. The molecule has 0 bridgehead atoms. The van der Waals surface area contributed by atoms with Crippen LogP contribution in [0, 0.1) is 6.85 Å². The number of likely N-dealkylation sites (N-methyl/N-ethyl adjacent to an activating group) is 1. The highest BCUT2D eigenvalue weighted by molar-refractivity contribution is 7.16. The first-order chi connectivity index (χ1) is 13.6. The minimum atomic E-state index is -2.27. The van der Waals surface area contributed by atoms with Crippen LogP contribution in [-0.2, 0) is 0 Å². The summed E-state index contributed by atoms with van der Waals surface area (Å²) in [4.78, 5) is 9.11. The number of benzene rings is 1. The Hall–Kier alpha value is -1.85. The number of fused-ring (bicyclic) bond motifs is 2. The van der Waals surface area contributed by atoms with Gasteiger partial charge >= 0.3 is 0 Å². The molecule has 0 amide bonds. The molecule has 0 atom stereocenters. The molecule has 0 aliphatic carbocycles. The van der Waals surface area contributed by atoms with E-state index in [2.05, 4.69) is 15.2 Å². The van der Waals surface area contributed by atoms with E-state index in [-0.39, 0.29) is 40.4 Å². The summed E-state index contributed by atoms with van der Waals surface area (Å²) in [5, 5.41) is 3.58. The molecule has 1 saturated heterocycles. The van der Waals surface area contributed by atoms with Crippen LogP contribution in [0.5, 0.6) is 0 Å². The van der Waals surface area contributed by atoms with Crippen LogP contribution in [0.25, 0.3) is 0 Å². The van der Waals surface area contributed by atoms with Crippen LogP contribution in [-0.4, -0.2) is 48.9 Å². The molecule has 0 saturated carbocycles. The van der Waals surface area contributed by atoms with Gasteiger partial charge in [-0.05, 0) is 32.1 Å². The zero-order valence-corrected chi connectivity index (χ0v) is 13.0. The molecule has 3 heterocycles. The van der Waals surface area contributed by atoms with E-state index in [1.54, 1.807) is 6.07 Å². The molecule has 0 unspecified atom stereocenters. The Labute approximate surface area is 144 Å². The number of nitrogens with zero attached hydrogens (tertiary/aromatic N) is 3. The van der Waals surface area contributed by atoms with Gasteiger partial charge in [0.05, 0.1) is 22.4 Å². The van der Waals surface area contributed by atoms with E-state index in [1.807, 2.05) is 11.9 Å². The molecule has 5 heteroatoms. The van der Waals surface area contributed by atoms with Crippen molar-refractivity contribution in [1.29, 1.82) is 0 Å². The maximum Gasteiger partial charge on any atom is 0.139 e. The topological polar surface area (TPSA) is 30.9 Å². The van der Waals surface area contributed by atoms with Crippen molar-refractivity contribution in [3.05, 3.63) is 40.7 Å². The van der Waals surface area contributed by atoms with Gasteiger partial charge < -0.3 is 15.1 Å². The minimum Gasteiger partial charge on any atom is -0.353 e. The van der Waals surface area contributed by atoms with Crippen molar-refractivity contribution in [3.8, 4) is 0 Å². The van der Waals surface area contributed by atoms with Crippen LogP contribution >= 0.6 is 11.3 Å². The van der Waals surface area contributed by atoms with Crippen molar-refractivity contribution >= 4 is 33.5 Å². The SMILES string of the molecule is [2H]c1c([2H])c([2H])c2c(c1[2H])N=C(N1CCN(C)CC1)c1cc(C([2H])([2H])[2H])sc1N2. The van der Waals surface area contributed by atoms with E-state index in [0.29, 0.717) is 29.5 Å². The molecule has 2 aromatic rings. The van der Waals surface area contributed by atoms with Crippen molar-refractivity contribution < 1.29 is 9.60 Å². The van der Waals surface area contributed by atoms with E-state index in [0.717, 1.165) is 24.4 Å².